The summed E-state index contributed by atoms with van der Waals surface area (Å²) in [6.45, 7) is 5.29. The molecule has 0 unspecified atom stereocenters. The Bertz CT molecular complexity index is 1600. The normalized spacial score (nSPS) is 13.0. The van der Waals surface area contributed by atoms with Crippen molar-refractivity contribution in [3.05, 3.63) is 92.9 Å². The number of nitrogens with zero attached hydrogens (tertiary/aromatic N) is 1. The molecule has 3 aromatic rings. The lowest BCUT2D eigenvalue weighted by Gasteiger charge is -2.25. The van der Waals surface area contributed by atoms with Crippen LogP contribution in [0.4, 0.5) is 22.0 Å². The van der Waals surface area contributed by atoms with Crippen LogP contribution in [0.3, 0.4) is 0 Å². The van der Waals surface area contributed by atoms with E-state index in [1.807, 2.05) is 0 Å². The second kappa shape index (κ2) is 13.8. The van der Waals surface area contributed by atoms with Crippen molar-refractivity contribution in [1.29, 1.82) is 0 Å². The van der Waals surface area contributed by atoms with Gasteiger partial charge < -0.3 is 20.3 Å². The number of aryl methyl sites for hydroxylation is 2. The Balaban J connectivity index is 1.98. The average molecular weight is 622 g/mol. The molecule has 3 N–H and O–H groups in total. The van der Waals surface area contributed by atoms with E-state index in [-0.39, 0.29) is 17.9 Å². The molecule has 2 aromatic carbocycles. The number of aliphatic carboxylic acids is 1. The van der Waals surface area contributed by atoms with Crippen LogP contribution in [0.5, 0.6) is 0 Å². The molecule has 1 aromatic heterocycles. The van der Waals surface area contributed by atoms with E-state index in [0.29, 0.717) is 10.1 Å². The monoisotopic (exact) mass is 621 g/mol. The fraction of sp³-hybridized carbons (Fsp3) is 0.355. The van der Waals surface area contributed by atoms with Gasteiger partial charge in [0.05, 0.1) is 12.5 Å². The van der Waals surface area contributed by atoms with E-state index < -0.39 is 77.3 Å². The van der Waals surface area contributed by atoms with Crippen LogP contribution in [0.25, 0.3) is 11.1 Å². The van der Waals surface area contributed by atoms with Crippen LogP contribution in [0.1, 0.15) is 59.8 Å². The highest BCUT2D eigenvalue weighted by Gasteiger charge is 2.31. The number of carboxylic acid groups (broad SMARTS) is 1. The van der Waals surface area contributed by atoms with Crippen LogP contribution < -0.4 is 16.2 Å². The molecule has 0 fully saturated rings. The molecule has 0 aliphatic heterocycles. The number of hydrogen-bond donors (Lipinski definition) is 3. The summed E-state index contributed by atoms with van der Waals surface area (Å²) in [5, 5.41) is 14.3. The number of aromatic nitrogens is 1. The Morgan fingerprint density at radius 1 is 0.977 bits per heavy atom. The van der Waals surface area contributed by atoms with Gasteiger partial charge in [0.15, 0.2) is 11.6 Å². The van der Waals surface area contributed by atoms with Gasteiger partial charge in [0.25, 0.3) is 11.5 Å². The first-order valence-corrected chi connectivity index (χ1v) is 13.6. The molecule has 0 bridgehead atoms. The molecule has 2 atom stereocenters. The molecule has 0 aliphatic carbocycles. The van der Waals surface area contributed by atoms with Crippen molar-refractivity contribution in [3.8, 4) is 11.1 Å². The van der Waals surface area contributed by atoms with E-state index in [1.165, 1.54) is 6.07 Å². The summed E-state index contributed by atoms with van der Waals surface area (Å²) < 4.78 is 69.0. The molecule has 1 heterocycles. The molecule has 0 spiro atoms. The van der Waals surface area contributed by atoms with Crippen molar-refractivity contribution in [2.24, 2.45) is 5.92 Å². The summed E-state index contributed by atoms with van der Waals surface area (Å²) >= 11 is 0. The Kier molecular flexibility index (Phi) is 10.7. The summed E-state index contributed by atoms with van der Waals surface area (Å²) in [7, 11) is 0. The summed E-state index contributed by atoms with van der Waals surface area (Å²) in [5.74, 6) is -6.44. The highest BCUT2D eigenvalue weighted by atomic mass is 19.4. The third-order valence-corrected chi connectivity index (χ3v) is 6.84. The Morgan fingerprint density at radius 2 is 1.61 bits per heavy atom. The van der Waals surface area contributed by atoms with Gasteiger partial charge in [0.2, 0.25) is 5.91 Å². The lowest BCUT2D eigenvalue weighted by atomic mass is 9.92. The molecule has 236 valence electrons. The Hall–Kier alpha value is -4.55. The third kappa shape index (κ3) is 8.51. The molecule has 44 heavy (non-hydrogen) atoms. The number of hydrogen-bond acceptors (Lipinski definition) is 4. The van der Waals surface area contributed by atoms with E-state index in [0.717, 1.165) is 35.5 Å². The third-order valence-electron chi connectivity index (χ3n) is 6.84. The number of rotatable bonds is 11. The summed E-state index contributed by atoms with van der Waals surface area (Å²) in [6.07, 6.45) is -4.76. The molecular weight excluding hydrogens is 589 g/mol. The van der Waals surface area contributed by atoms with Crippen molar-refractivity contribution in [2.75, 3.05) is 0 Å². The van der Waals surface area contributed by atoms with Crippen LogP contribution in [-0.2, 0) is 16.1 Å². The van der Waals surface area contributed by atoms with Gasteiger partial charge in [-0.2, -0.15) is 13.2 Å². The number of pyridine rings is 1. The van der Waals surface area contributed by atoms with Crippen molar-refractivity contribution in [3.63, 3.8) is 0 Å². The van der Waals surface area contributed by atoms with Crippen molar-refractivity contribution in [2.45, 2.75) is 65.3 Å². The van der Waals surface area contributed by atoms with E-state index in [1.54, 1.807) is 45.9 Å². The van der Waals surface area contributed by atoms with Gasteiger partial charge >= 0.3 is 12.1 Å². The number of alkyl halides is 3. The van der Waals surface area contributed by atoms with Gasteiger partial charge in [0.1, 0.15) is 18.2 Å². The maximum atomic E-state index is 15.2. The minimum Gasteiger partial charge on any atom is -0.481 e. The summed E-state index contributed by atoms with van der Waals surface area (Å²) in [5.41, 5.74) is 0.00499. The molecule has 0 saturated heterocycles. The van der Waals surface area contributed by atoms with Crippen LogP contribution in [0.15, 0.2) is 53.5 Å². The average Bonchev–Trinajstić information content (AvgIpc) is 2.89. The molecule has 2 amide bonds. The van der Waals surface area contributed by atoms with E-state index in [9.17, 15) is 41.8 Å². The number of carbonyl (C=O) groups excluding carboxylic acids is 2. The Morgan fingerprint density at radius 3 is 2.18 bits per heavy atom. The number of nitrogens with one attached hydrogen (secondary N) is 2. The minimum absolute atomic E-state index is 0.0414. The highest BCUT2D eigenvalue weighted by Crippen LogP contribution is 2.33. The molecule has 13 heteroatoms. The fourth-order valence-electron chi connectivity index (χ4n) is 4.93. The maximum Gasteiger partial charge on any atom is 0.406 e. The van der Waals surface area contributed by atoms with Gasteiger partial charge in [-0.25, -0.2) is 8.78 Å². The molecule has 0 radical (unpaired) electrons. The van der Waals surface area contributed by atoms with Gasteiger partial charge in [0, 0.05) is 11.8 Å². The first-order valence-electron chi connectivity index (χ1n) is 13.6. The lowest BCUT2D eigenvalue weighted by Crippen LogP contribution is -2.49. The number of carboxylic acids is 1. The second-order valence-electron chi connectivity index (χ2n) is 10.9. The van der Waals surface area contributed by atoms with Gasteiger partial charge in [-0.15, -0.1) is 0 Å². The van der Waals surface area contributed by atoms with E-state index in [2.05, 4.69) is 10.6 Å². The molecule has 8 nitrogen and oxygen atoms in total. The van der Waals surface area contributed by atoms with Gasteiger partial charge in [-0.1, -0.05) is 32.0 Å². The van der Waals surface area contributed by atoms with Gasteiger partial charge in [-0.05, 0) is 72.7 Å². The molecular formula is C31H32F5N3O5. The topological polar surface area (TPSA) is 118 Å². The van der Waals surface area contributed by atoms with E-state index in [4.69, 9.17) is 0 Å². The summed E-state index contributed by atoms with van der Waals surface area (Å²) in [4.78, 5) is 50.7. The standard InChI is InChI=1S/C31H32F5N3O5/c1-16(2)11-24(38-28(42)20-9-6-10-39(30(20)44)15-31(34,35)36)29(43)37-23(14-25(40)41)21-12-19(13-22(32)27(21)33)26-17(3)7-5-8-18(26)4/h5-10,12-13,16,23-24H,11,14-15H2,1-4H3,(H,37,43)(H,38,42)(H,40,41)/t23-,24-/m0/s1. The number of carbonyl (C=O) groups is 3. The molecule has 0 saturated carbocycles. The predicted molar refractivity (Wildman–Crippen MR) is 152 cm³/mol. The van der Waals surface area contributed by atoms with Crippen molar-refractivity contribution < 1.29 is 41.4 Å². The van der Waals surface area contributed by atoms with Crippen LogP contribution in [-0.4, -0.2) is 39.7 Å². The largest absolute Gasteiger partial charge is 0.481 e. The highest BCUT2D eigenvalue weighted by molar-refractivity contribution is 5.97. The van der Waals surface area contributed by atoms with Crippen LogP contribution in [0, 0.1) is 31.4 Å². The lowest BCUT2D eigenvalue weighted by molar-refractivity contribution is -0.141. The fourth-order valence-corrected chi connectivity index (χ4v) is 4.93. The van der Waals surface area contributed by atoms with Crippen LogP contribution >= 0.6 is 0 Å². The first kappa shape index (κ1) is 33.9. The SMILES string of the molecule is Cc1cccc(C)c1-c1cc(F)c(F)c([C@H](CC(=O)O)NC(=O)[C@H](CC(C)C)NC(=O)c2cccn(CC(F)(F)F)c2=O)c1. The zero-order valence-corrected chi connectivity index (χ0v) is 24.4. The smallest absolute Gasteiger partial charge is 0.406 e. The number of halogens is 5. The molecule has 0 aliphatic rings. The zero-order chi connectivity index (χ0) is 32.9. The van der Waals surface area contributed by atoms with E-state index >= 15 is 4.39 Å². The quantitative estimate of drug-likeness (QED) is 0.246. The minimum atomic E-state index is -4.73. The first-order chi connectivity index (χ1) is 20.5. The number of amides is 2. The second-order valence-corrected chi connectivity index (χ2v) is 10.9. The van der Waals surface area contributed by atoms with Crippen LogP contribution in [0.2, 0.25) is 0 Å². The maximum absolute atomic E-state index is 15.2. The Labute approximate surface area is 249 Å². The van der Waals surface area contributed by atoms with Gasteiger partial charge in [-0.3, -0.25) is 19.2 Å². The van der Waals surface area contributed by atoms with Crippen molar-refractivity contribution in [1.82, 2.24) is 15.2 Å². The number of benzene rings is 2. The summed E-state index contributed by atoms with van der Waals surface area (Å²) in [6, 6.07) is 6.63. The molecule has 3 rings (SSSR count). The van der Waals surface area contributed by atoms with Crippen molar-refractivity contribution >= 4 is 17.8 Å². The predicted octanol–water partition coefficient (Wildman–Crippen LogP) is 5.45. The zero-order valence-electron chi connectivity index (χ0n) is 24.4.